The van der Waals surface area contributed by atoms with Crippen LogP contribution in [0.4, 0.5) is 11.4 Å². The highest BCUT2D eigenvalue weighted by molar-refractivity contribution is 5.94. The third-order valence-corrected chi connectivity index (χ3v) is 3.62. The third-order valence-electron chi connectivity index (χ3n) is 3.62. The maximum absolute atomic E-state index is 12.0. The molecule has 0 aliphatic rings. The number of esters is 1. The fraction of sp³-hybridized carbons (Fsp3) is 0.263. The van der Waals surface area contributed by atoms with Gasteiger partial charge in [0.05, 0.1) is 12.7 Å². The predicted octanol–water partition coefficient (Wildman–Crippen LogP) is 3.53. The second kappa shape index (κ2) is 8.15. The lowest BCUT2D eigenvalue weighted by Gasteiger charge is -2.11. The first-order valence-electron chi connectivity index (χ1n) is 7.79. The van der Waals surface area contributed by atoms with E-state index in [9.17, 15) is 9.59 Å². The smallest absolute Gasteiger partial charge is 0.337 e. The van der Waals surface area contributed by atoms with Gasteiger partial charge in [0.25, 0.3) is 0 Å². The fourth-order valence-corrected chi connectivity index (χ4v) is 2.39. The normalized spacial score (nSPS) is 10.1. The molecule has 0 fully saturated rings. The molecule has 24 heavy (non-hydrogen) atoms. The first-order chi connectivity index (χ1) is 11.5. The number of carbonyl (C=O) groups is 2. The average Bonchev–Trinajstić information content (AvgIpc) is 2.56. The molecule has 2 aromatic carbocycles. The number of ether oxygens (including phenoxy) is 1. The van der Waals surface area contributed by atoms with Crippen molar-refractivity contribution in [2.45, 2.75) is 20.3 Å². The van der Waals surface area contributed by atoms with Gasteiger partial charge in [-0.25, -0.2) is 4.79 Å². The Morgan fingerprint density at radius 1 is 1.08 bits per heavy atom. The number of nitrogens with one attached hydrogen (secondary N) is 2. The number of benzene rings is 2. The van der Waals surface area contributed by atoms with Crippen molar-refractivity contribution in [3.63, 3.8) is 0 Å². The fourth-order valence-electron chi connectivity index (χ4n) is 2.39. The molecule has 0 atom stereocenters. The molecule has 0 saturated carbocycles. The van der Waals surface area contributed by atoms with E-state index in [1.54, 1.807) is 24.3 Å². The molecule has 0 saturated heterocycles. The van der Waals surface area contributed by atoms with E-state index in [1.807, 2.05) is 26.0 Å². The molecular weight excluding hydrogens is 304 g/mol. The highest BCUT2D eigenvalue weighted by atomic mass is 16.5. The number of rotatable bonds is 6. The Morgan fingerprint density at radius 2 is 1.88 bits per heavy atom. The highest BCUT2D eigenvalue weighted by Crippen LogP contribution is 2.16. The van der Waals surface area contributed by atoms with Gasteiger partial charge in [-0.1, -0.05) is 23.8 Å². The number of methoxy groups -OCH3 is 1. The molecule has 2 rings (SSSR count). The molecule has 0 bridgehead atoms. The summed E-state index contributed by atoms with van der Waals surface area (Å²) in [6.45, 7) is 4.62. The summed E-state index contributed by atoms with van der Waals surface area (Å²) >= 11 is 0. The molecule has 0 unspecified atom stereocenters. The summed E-state index contributed by atoms with van der Waals surface area (Å²) in [5, 5.41) is 6.05. The molecule has 5 heteroatoms. The van der Waals surface area contributed by atoms with Crippen molar-refractivity contribution in [2.75, 3.05) is 24.3 Å². The molecule has 0 spiro atoms. The van der Waals surface area contributed by atoms with Crippen molar-refractivity contribution in [3.05, 3.63) is 59.2 Å². The van der Waals surface area contributed by atoms with Gasteiger partial charge in [0.1, 0.15) is 0 Å². The second-order valence-corrected chi connectivity index (χ2v) is 5.62. The molecule has 0 aliphatic carbocycles. The van der Waals surface area contributed by atoms with E-state index in [0.717, 1.165) is 11.3 Å². The molecule has 2 N–H and O–H groups in total. The van der Waals surface area contributed by atoms with E-state index in [1.165, 1.54) is 12.7 Å². The van der Waals surface area contributed by atoms with Crippen LogP contribution in [-0.4, -0.2) is 25.5 Å². The minimum absolute atomic E-state index is 0.116. The zero-order chi connectivity index (χ0) is 17.5. The number of aryl methyl sites for hydroxylation is 2. The van der Waals surface area contributed by atoms with E-state index in [2.05, 4.69) is 21.4 Å². The van der Waals surface area contributed by atoms with Gasteiger partial charge in [0.15, 0.2) is 0 Å². The lowest BCUT2D eigenvalue weighted by atomic mass is 10.1. The molecular formula is C19H22N2O3. The first kappa shape index (κ1) is 17.5. The zero-order valence-electron chi connectivity index (χ0n) is 14.2. The molecule has 1 amide bonds. The second-order valence-electron chi connectivity index (χ2n) is 5.62. The van der Waals surface area contributed by atoms with Crippen LogP contribution in [-0.2, 0) is 9.53 Å². The Labute approximate surface area is 142 Å². The first-order valence-corrected chi connectivity index (χ1v) is 7.79. The number of hydrogen-bond donors (Lipinski definition) is 2. The van der Waals surface area contributed by atoms with E-state index in [-0.39, 0.29) is 5.91 Å². The van der Waals surface area contributed by atoms with Gasteiger partial charge in [-0.05, 0) is 43.7 Å². The number of anilines is 2. The Hall–Kier alpha value is -2.82. The monoisotopic (exact) mass is 326 g/mol. The largest absolute Gasteiger partial charge is 0.465 e. The summed E-state index contributed by atoms with van der Waals surface area (Å²) in [5.41, 5.74) is 4.38. The van der Waals surface area contributed by atoms with Gasteiger partial charge >= 0.3 is 5.97 Å². The third kappa shape index (κ3) is 4.84. The molecule has 5 nitrogen and oxygen atoms in total. The Morgan fingerprint density at radius 3 is 2.58 bits per heavy atom. The van der Waals surface area contributed by atoms with Crippen molar-refractivity contribution in [1.29, 1.82) is 0 Å². The van der Waals surface area contributed by atoms with Crippen LogP contribution in [0.3, 0.4) is 0 Å². The van der Waals surface area contributed by atoms with Crippen molar-refractivity contribution in [2.24, 2.45) is 0 Å². The summed E-state index contributed by atoms with van der Waals surface area (Å²) in [4.78, 5) is 23.5. The number of carbonyl (C=O) groups excluding carboxylic acids is 2. The van der Waals surface area contributed by atoms with Gasteiger partial charge in [0, 0.05) is 24.3 Å². The van der Waals surface area contributed by atoms with Crippen LogP contribution in [0.5, 0.6) is 0 Å². The topological polar surface area (TPSA) is 67.4 Å². The number of amides is 1. The molecule has 0 aliphatic heterocycles. The van der Waals surface area contributed by atoms with Crippen molar-refractivity contribution in [3.8, 4) is 0 Å². The molecule has 2 aromatic rings. The van der Waals surface area contributed by atoms with Crippen molar-refractivity contribution < 1.29 is 14.3 Å². The van der Waals surface area contributed by atoms with Gasteiger partial charge in [0.2, 0.25) is 5.91 Å². The Bertz CT molecular complexity index is 741. The summed E-state index contributed by atoms with van der Waals surface area (Å²) in [6.07, 6.45) is 0.329. The van der Waals surface area contributed by atoms with Crippen LogP contribution in [0.2, 0.25) is 0 Å². The van der Waals surface area contributed by atoms with Gasteiger partial charge in [-0.3, -0.25) is 4.79 Å². The van der Waals surface area contributed by atoms with Gasteiger partial charge in [-0.15, -0.1) is 0 Å². The van der Waals surface area contributed by atoms with Gasteiger partial charge < -0.3 is 15.4 Å². The van der Waals surface area contributed by atoms with Crippen molar-refractivity contribution in [1.82, 2.24) is 0 Å². The van der Waals surface area contributed by atoms with Crippen molar-refractivity contribution >= 4 is 23.3 Å². The highest BCUT2D eigenvalue weighted by Gasteiger charge is 2.08. The van der Waals surface area contributed by atoms with E-state index >= 15 is 0 Å². The van der Waals surface area contributed by atoms with Gasteiger partial charge in [-0.2, -0.15) is 0 Å². The molecule has 126 valence electrons. The van der Waals surface area contributed by atoms with Crippen LogP contribution in [0, 0.1) is 13.8 Å². The standard InChI is InChI=1S/C19H22N2O3/c1-13-7-8-17(14(2)11-13)20-10-9-18(22)21-16-6-4-5-15(12-16)19(23)24-3/h4-8,11-12,20H,9-10H2,1-3H3,(H,21,22). The lowest BCUT2D eigenvalue weighted by molar-refractivity contribution is -0.115. The summed E-state index contributed by atoms with van der Waals surface area (Å²) in [5.74, 6) is -0.545. The maximum Gasteiger partial charge on any atom is 0.337 e. The Balaban J connectivity index is 1.86. The van der Waals surface area contributed by atoms with Crippen LogP contribution in [0.1, 0.15) is 27.9 Å². The number of hydrogen-bond acceptors (Lipinski definition) is 4. The van der Waals surface area contributed by atoms with Crippen LogP contribution >= 0.6 is 0 Å². The minimum Gasteiger partial charge on any atom is -0.465 e. The molecule has 0 aromatic heterocycles. The maximum atomic E-state index is 12.0. The summed E-state index contributed by atoms with van der Waals surface area (Å²) in [7, 11) is 1.33. The predicted molar refractivity (Wildman–Crippen MR) is 95.4 cm³/mol. The lowest BCUT2D eigenvalue weighted by Crippen LogP contribution is -2.16. The summed E-state index contributed by atoms with van der Waals surface area (Å²) < 4.78 is 4.67. The van der Waals surface area contributed by atoms with E-state index in [0.29, 0.717) is 24.2 Å². The summed E-state index contributed by atoms with van der Waals surface area (Å²) in [6, 6.07) is 12.8. The average molecular weight is 326 g/mol. The van der Waals surface area contributed by atoms with Crippen LogP contribution < -0.4 is 10.6 Å². The zero-order valence-corrected chi connectivity index (χ0v) is 14.2. The molecule has 0 radical (unpaired) electrons. The minimum atomic E-state index is -0.428. The van der Waals surface area contributed by atoms with E-state index in [4.69, 9.17) is 0 Å². The van der Waals surface area contributed by atoms with E-state index < -0.39 is 5.97 Å². The molecule has 0 heterocycles. The Kier molecular flexibility index (Phi) is 5.95. The van der Waals surface area contributed by atoms with Crippen LogP contribution in [0.15, 0.2) is 42.5 Å². The van der Waals surface area contributed by atoms with Crippen LogP contribution in [0.25, 0.3) is 0 Å². The quantitative estimate of drug-likeness (QED) is 0.797. The SMILES string of the molecule is COC(=O)c1cccc(NC(=O)CCNc2ccc(C)cc2C)c1.